The first-order valence-corrected chi connectivity index (χ1v) is 11.7. The number of benzene rings is 3. The van der Waals surface area contributed by atoms with Crippen molar-refractivity contribution in [2.45, 2.75) is 17.7 Å². The molecule has 1 amide bonds. The summed E-state index contributed by atoms with van der Waals surface area (Å²) in [6.07, 6.45) is 1.38. The lowest BCUT2D eigenvalue weighted by Crippen LogP contribution is -2.35. The lowest BCUT2D eigenvalue weighted by Gasteiger charge is -2.31. The molecule has 0 aliphatic carbocycles. The van der Waals surface area contributed by atoms with E-state index < -0.39 is 15.8 Å². The number of anilines is 2. The number of nitrogens with one attached hydrogen (secondary N) is 1. The summed E-state index contributed by atoms with van der Waals surface area (Å²) < 4.78 is 46.3. The lowest BCUT2D eigenvalue weighted by molar-refractivity contribution is -0.118. The van der Waals surface area contributed by atoms with Crippen LogP contribution in [0.25, 0.3) is 0 Å². The fourth-order valence-corrected chi connectivity index (χ4v) is 5.14. The smallest absolute Gasteiger partial charge is 0.264 e. The van der Waals surface area contributed by atoms with Gasteiger partial charge >= 0.3 is 0 Å². The molecule has 1 N–H and O–H groups in total. The van der Waals surface area contributed by atoms with Crippen molar-refractivity contribution in [2.75, 3.05) is 22.8 Å². The average molecular weight is 475 g/mol. The quantitative estimate of drug-likeness (QED) is 0.564. The second-order valence-electron chi connectivity index (χ2n) is 7.27. The van der Waals surface area contributed by atoms with Crippen LogP contribution in [0, 0.1) is 5.82 Å². The minimum absolute atomic E-state index is 0.0116. The maximum atomic E-state index is 13.3. The zero-order chi connectivity index (χ0) is 22.7. The van der Waals surface area contributed by atoms with Crippen molar-refractivity contribution in [3.63, 3.8) is 0 Å². The van der Waals surface area contributed by atoms with Gasteiger partial charge in [-0.15, -0.1) is 0 Å². The molecule has 0 aromatic heterocycles. The number of halogens is 2. The highest BCUT2D eigenvalue weighted by atomic mass is 35.5. The van der Waals surface area contributed by atoms with Crippen molar-refractivity contribution in [1.82, 2.24) is 0 Å². The summed E-state index contributed by atoms with van der Waals surface area (Å²) in [4.78, 5) is 12.3. The molecule has 166 valence electrons. The van der Waals surface area contributed by atoms with Crippen molar-refractivity contribution in [3.8, 4) is 5.75 Å². The van der Waals surface area contributed by atoms with Gasteiger partial charge in [0.1, 0.15) is 11.6 Å². The van der Waals surface area contributed by atoms with E-state index in [1.165, 1.54) is 16.4 Å². The summed E-state index contributed by atoms with van der Waals surface area (Å²) in [6, 6.07) is 16.5. The topological polar surface area (TPSA) is 75.7 Å². The normalized spacial score (nSPS) is 13.4. The van der Waals surface area contributed by atoms with Gasteiger partial charge in [0.2, 0.25) is 0 Å². The van der Waals surface area contributed by atoms with E-state index in [0.717, 1.165) is 24.1 Å². The van der Waals surface area contributed by atoms with E-state index in [0.29, 0.717) is 35.1 Å². The third-order valence-corrected chi connectivity index (χ3v) is 7.11. The maximum absolute atomic E-state index is 13.3. The van der Waals surface area contributed by atoms with Crippen LogP contribution >= 0.6 is 11.6 Å². The molecule has 0 saturated carbocycles. The predicted molar refractivity (Wildman–Crippen MR) is 121 cm³/mol. The van der Waals surface area contributed by atoms with E-state index in [-0.39, 0.29) is 17.4 Å². The Kier molecular flexibility index (Phi) is 6.34. The number of carbonyl (C=O) groups is 1. The molecule has 0 bridgehead atoms. The molecule has 3 aromatic rings. The van der Waals surface area contributed by atoms with Gasteiger partial charge in [0.15, 0.2) is 6.61 Å². The number of amides is 1. The van der Waals surface area contributed by atoms with Crippen molar-refractivity contribution >= 4 is 38.9 Å². The van der Waals surface area contributed by atoms with Crippen LogP contribution in [0.4, 0.5) is 15.8 Å². The minimum atomic E-state index is -3.87. The Hall–Kier alpha value is -3.10. The number of hydrogen-bond acceptors (Lipinski definition) is 4. The van der Waals surface area contributed by atoms with Crippen LogP contribution < -0.4 is 14.4 Å². The van der Waals surface area contributed by atoms with Gasteiger partial charge in [-0.25, -0.2) is 12.8 Å². The molecule has 9 heteroatoms. The molecule has 32 heavy (non-hydrogen) atoms. The molecule has 0 saturated heterocycles. The standard InChI is InChI=1S/C23H20ClFN2O4S/c24-17-4-9-20(10-5-17)31-15-23(28)26-19-8-3-16-2-1-13-27(22(16)14-19)32(29,30)21-11-6-18(25)7-12-21/h3-12,14H,1-2,13,15H2,(H,26,28). The molecule has 0 unspecified atom stereocenters. The summed E-state index contributed by atoms with van der Waals surface area (Å²) in [6.45, 7) is 0.0834. The number of fused-ring (bicyclic) bond motifs is 1. The van der Waals surface area contributed by atoms with Gasteiger partial charge in [-0.05, 0) is 79.1 Å². The van der Waals surface area contributed by atoms with E-state index >= 15 is 0 Å². The number of carbonyl (C=O) groups excluding carboxylic acids is 1. The van der Waals surface area contributed by atoms with E-state index in [2.05, 4.69) is 5.32 Å². The molecule has 3 aromatic carbocycles. The molecule has 0 radical (unpaired) electrons. The zero-order valence-corrected chi connectivity index (χ0v) is 18.5. The monoisotopic (exact) mass is 474 g/mol. The van der Waals surface area contributed by atoms with Crippen LogP contribution in [-0.2, 0) is 21.2 Å². The van der Waals surface area contributed by atoms with E-state index in [9.17, 15) is 17.6 Å². The number of hydrogen-bond donors (Lipinski definition) is 1. The molecule has 1 heterocycles. The Morgan fingerprint density at radius 2 is 1.78 bits per heavy atom. The van der Waals surface area contributed by atoms with Crippen molar-refractivity contribution < 1.29 is 22.3 Å². The molecule has 0 fully saturated rings. The van der Waals surface area contributed by atoms with Crippen LogP contribution in [0.2, 0.25) is 5.02 Å². The highest BCUT2D eigenvalue weighted by molar-refractivity contribution is 7.92. The molecule has 1 aliphatic rings. The van der Waals surface area contributed by atoms with Gasteiger partial charge in [-0.2, -0.15) is 0 Å². The Morgan fingerprint density at radius 1 is 1.06 bits per heavy atom. The highest BCUT2D eigenvalue weighted by Gasteiger charge is 2.29. The fraction of sp³-hybridized carbons (Fsp3) is 0.174. The predicted octanol–water partition coefficient (Wildman–Crippen LogP) is 4.64. The summed E-state index contributed by atoms with van der Waals surface area (Å²) >= 11 is 5.83. The van der Waals surface area contributed by atoms with Gasteiger partial charge in [0, 0.05) is 17.3 Å². The van der Waals surface area contributed by atoms with Crippen LogP contribution in [0.15, 0.2) is 71.6 Å². The Bertz CT molecular complexity index is 1230. The Labute approximate surface area is 190 Å². The molecule has 1 aliphatic heterocycles. The highest BCUT2D eigenvalue weighted by Crippen LogP contribution is 2.34. The second kappa shape index (κ2) is 9.18. The van der Waals surface area contributed by atoms with Gasteiger partial charge in [-0.1, -0.05) is 17.7 Å². The third-order valence-electron chi connectivity index (χ3n) is 5.03. The second-order valence-corrected chi connectivity index (χ2v) is 9.57. The average Bonchev–Trinajstić information content (AvgIpc) is 2.78. The SMILES string of the molecule is O=C(COc1ccc(Cl)cc1)Nc1ccc2c(c1)N(S(=O)(=O)c1ccc(F)cc1)CCC2. The zero-order valence-electron chi connectivity index (χ0n) is 16.9. The molecular formula is C23H20ClFN2O4S. The summed E-state index contributed by atoms with van der Waals surface area (Å²) in [5.74, 6) is -0.385. The number of ether oxygens (including phenoxy) is 1. The number of rotatable bonds is 6. The summed E-state index contributed by atoms with van der Waals surface area (Å²) in [5, 5.41) is 3.30. The number of sulfonamides is 1. The van der Waals surface area contributed by atoms with Gasteiger partial charge in [0.25, 0.3) is 15.9 Å². The Balaban J connectivity index is 1.51. The maximum Gasteiger partial charge on any atom is 0.264 e. The van der Waals surface area contributed by atoms with Crippen LogP contribution in [-0.4, -0.2) is 27.5 Å². The number of aryl methyl sites for hydroxylation is 1. The van der Waals surface area contributed by atoms with Crippen molar-refractivity contribution in [1.29, 1.82) is 0 Å². The third kappa shape index (κ3) is 4.87. The first kappa shape index (κ1) is 22.1. The van der Waals surface area contributed by atoms with Gasteiger partial charge in [-0.3, -0.25) is 9.10 Å². The number of nitrogens with zero attached hydrogens (tertiary/aromatic N) is 1. The van der Waals surface area contributed by atoms with E-state index in [1.54, 1.807) is 42.5 Å². The van der Waals surface area contributed by atoms with Crippen molar-refractivity contribution in [3.05, 3.63) is 83.1 Å². The molecule has 0 atom stereocenters. The first-order valence-electron chi connectivity index (χ1n) is 9.92. The molecule has 4 rings (SSSR count). The van der Waals surface area contributed by atoms with E-state index in [4.69, 9.17) is 16.3 Å². The lowest BCUT2D eigenvalue weighted by atomic mass is 10.0. The largest absolute Gasteiger partial charge is 0.484 e. The van der Waals surface area contributed by atoms with Crippen LogP contribution in [0.3, 0.4) is 0 Å². The molecule has 0 spiro atoms. The fourth-order valence-electron chi connectivity index (χ4n) is 3.48. The van der Waals surface area contributed by atoms with Crippen LogP contribution in [0.1, 0.15) is 12.0 Å². The summed E-state index contributed by atoms with van der Waals surface area (Å²) in [7, 11) is -3.87. The Morgan fingerprint density at radius 3 is 2.50 bits per heavy atom. The molecular weight excluding hydrogens is 455 g/mol. The van der Waals surface area contributed by atoms with Crippen molar-refractivity contribution in [2.24, 2.45) is 0 Å². The molecule has 6 nitrogen and oxygen atoms in total. The minimum Gasteiger partial charge on any atom is -0.484 e. The van der Waals surface area contributed by atoms with Gasteiger partial charge in [0.05, 0.1) is 10.6 Å². The van der Waals surface area contributed by atoms with E-state index in [1.807, 2.05) is 0 Å². The summed E-state index contributed by atoms with van der Waals surface area (Å²) in [5.41, 5.74) is 1.81. The van der Waals surface area contributed by atoms with Crippen LogP contribution in [0.5, 0.6) is 5.75 Å². The van der Waals surface area contributed by atoms with Gasteiger partial charge < -0.3 is 10.1 Å². The first-order chi connectivity index (χ1) is 15.3.